The van der Waals surface area contributed by atoms with Crippen LogP contribution >= 0.6 is 0 Å². The fourth-order valence-electron chi connectivity index (χ4n) is 2.10. The first-order chi connectivity index (χ1) is 9.63. The van der Waals surface area contributed by atoms with Gasteiger partial charge in [0.25, 0.3) is 5.91 Å². The summed E-state index contributed by atoms with van der Waals surface area (Å²) in [5.41, 5.74) is 1.69. The van der Waals surface area contributed by atoms with Crippen LogP contribution in [0.5, 0.6) is 11.5 Å². The maximum atomic E-state index is 11.4. The van der Waals surface area contributed by atoms with Crippen LogP contribution in [0, 0.1) is 0 Å². The highest BCUT2D eigenvalue weighted by Crippen LogP contribution is 2.26. The lowest BCUT2D eigenvalue weighted by Gasteiger charge is -2.07. The highest BCUT2D eigenvalue weighted by molar-refractivity contribution is 5.98. The van der Waals surface area contributed by atoms with Gasteiger partial charge in [-0.3, -0.25) is 4.79 Å². The van der Waals surface area contributed by atoms with Gasteiger partial charge < -0.3 is 15.2 Å². The Kier molecular flexibility index (Phi) is 2.87. The van der Waals surface area contributed by atoms with E-state index in [0.717, 1.165) is 5.56 Å². The first-order valence-electron chi connectivity index (χ1n) is 6.06. The van der Waals surface area contributed by atoms with Crippen molar-refractivity contribution in [3.63, 3.8) is 0 Å². The minimum atomic E-state index is -1.00. The molecule has 1 heterocycles. The van der Waals surface area contributed by atoms with Crippen molar-refractivity contribution in [2.24, 2.45) is 0 Å². The van der Waals surface area contributed by atoms with Gasteiger partial charge in [0.2, 0.25) is 0 Å². The Balaban J connectivity index is 1.87. The number of hydrogen-bond donors (Lipinski definition) is 2. The average Bonchev–Trinajstić information content (AvgIpc) is 2.80. The average molecular weight is 269 g/mol. The van der Waals surface area contributed by atoms with Crippen molar-refractivity contribution in [1.82, 2.24) is 5.32 Å². The molecule has 0 saturated heterocycles. The Morgan fingerprint density at radius 3 is 2.75 bits per heavy atom. The van der Waals surface area contributed by atoms with Gasteiger partial charge in [0, 0.05) is 12.1 Å². The van der Waals surface area contributed by atoms with Crippen LogP contribution in [0.15, 0.2) is 42.5 Å². The Morgan fingerprint density at radius 2 is 1.95 bits per heavy atom. The molecular weight excluding hydrogens is 258 g/mol. The summed E-state index contributed by atoms with van der Waals surface area (Å²) in [5, 5.41) is 11.7. The highest BCUT2D eigenvalue weighted by atomic mass is 16.5. The van der Waals surface area contributed by atoms with E-state index in [1.807, 2.05) is 0 Å². The molecule has 1 aliphatic rings. The predicted molar refractivity (Wildman–Crippen MR) is 71.1 cm³/mol. The number of rotatable bonds is 3. The fourth-order valence-corrected chi connectivity index (χ4v) is 2.10. The smallest absolute Gasteiger partial charge is 0.335 e. The lowest BCUT2D eigenvalue weighted by atomic mass is 10.1. The zero-order valence-corrected chi connectivity index (χ0v) is 10.4. The van der Waals surface area contributed by atoms with E-state index >= 15 is 0 Å². The molecule has 2 aromatic rings. The number of aromatic carboxylic acids is 1. The summed E-state index contributed by atoms with van der Waals surface area (Å²) in [6.07, 6.45) is 0. The SMILES string of the molecule is O=C(O)c1cccc(Oc2ccc3c(c2)CNC3=O)c1. The molecule has 2 aromatic carbocycles. The summed E-state index contributed by atoms with van der Waals surface area (Å²) in [5.74, 6) is -0.0662. The van der Waals surface area contributed by atoms with Crippen molar-refractivity contribution in [1.29, 1.82) is 0 Å². The normalized spacial score (nSPS) is 12.7. The molecule has 20 heavy (non-hydrogen) atoms. The minimum Gasteiger partial charge on any atom is -0.478 e. The second-order valence-corrected chi connectivity index (χ2v) is 4.44. The van der Waals surface area contributed by atoms with Gasteiger partial charge in [0.05, 0.1) is 5.56 Å². The van der Waals surface area contributed by atoms with Crippen LogP contribution < -0.4 is 10.1 Å². The summed E-state index contributed by atoms with van der Waals surface area (Å²) in [6, 6.07) is 11.4. The van der Waals surface area contributed by atoms with Crippen molar-refractivity contribution >= 4 is 11.9 Å². The van der Waals surface area contributed by atoms with Crippen LogP contribution in [0.2, 0.25) is 0 Å². The first-order valence-corrected chi connectivity index (χ1v) is 6.06. The van der Waals surface area contributed by atoms with E-state index in [2.05, 4.69) is 5.32 Å². The molecule has 5 heteroatoms. The van der Waals surface area contributed by atoms with Gasteiger partial charge in [-0.05, 0) is 42.0 Å². The molecule has 0 bridgehead atoms. The van der Waals surface area contributed by atoms with Crippen LogP contribution in [0.25, 0.3) is 0 Å². The highest BCUT2D eigenvalue weighted by Gasteiger charge is 2.18. The molecule has 0 atom stereocenters. The number of fused-ring (bicyclic) bond motifs is 1. The van der Waals surface area contributed by atoms with Crippen molar-refractivity contribution in [2.45, 2.75) is 6.54 Å². The molecule has 0 spiro atoms. The molecule has 0 aromatic heterocycles. The molecule has 1 amide bonds. The maximum absolute atomic E-state index is 11.4. The summed E-state index contributed by atoms with van der Waals surface area (Å²) >= 11 is 0. The van der Waals surface area contributed by atoms with Crippen molar-refractivity contribution in [3.8, 4) is 11.5 Å². The molecule has 0 fully saturated rings. The molecule has 100 valence electrons. The number of amides is 1. The Bertz CT molecular complexity index is 709. The molecule has 2 N–H and O–H groups in total. The number of carboxylic acids is 1. The van der Waals surface area contributed by atoms with Crippen LogP contribution in [-0.2, 0) is 6.54 Å². The lowest BCUT2D eigenvalue weighted by molar-refractivity contribution is 0.0696. The van der Waals surface area contributed by atoms with Gasteiger partial charge >= 0.3 is 5.97 Å². The summed E-state index contributed by atoms with van der Waals surface area (Å²) < 4.78 is 5.63. The monoisotopic (exact) mass is 269 g/mol. The number of carbonyl (C=O) groups is 2. The van der Waals surface area contributed by atoms with Gasteiger partial charge in [-0.1, -0.05) is 6.07 Å². The van der Waals surface area contributed by atoms with E-state index in [1.165, 1.54) is 12.1 Å². The van der Waals surface area contributed by atoms with Gasteiger partial charge in [-0.2, -0.15) is 0 Å². The minimum absolute atomic E-state index is 0.0839. The van der Waals surface area contributed by atoms with Crippen molar-refractivity contribution in [2.75, 3.05) is 0 Å². The number of ether oxygens (including phenoxy) is 1. The third kappa shape index (κ3) is 2.21. The summed E-state index contributed by atoms with van der Waals surface area (Å²) in [4.78, 5) is 22.3. The van der Waals surface area contributed by atoms with E-state index in [-0.39, 0.29) is 11.5 Å². The largest absolute Gasteiger partial charge is 0.478 e. The standard InChI is InChI=1S/C15H11NO4/c17-14-13-5-4-12(7-10(13)8-16-14)20-11-3-1-2-9(6-11)15(18)19/h1-7H,8H2,(H,16,17)(H,18,19). The van der Waals surface area contributed by atoms with Gasteiger partial charge in [0.1, 0.15) is 11.5 Å². The summed E-state index contributed by atoms with van der Waals surface area (Å²) in [6.45, 7) is 0.487. The predicted octanol–water partition coefficient (Wildman–Crippen LogP) is 2.42. The van der Waals surface area contributed by atoms with Gasteiger partial charge in [-0.25, -0.2) is 4.79 Å². The van der Waals surface area contributed by atoms with Crippen LogP contribution in [0.1, 0.15) is 26.3 Å². The van der Waals surface area contributed by atoms with E-state index in [4.69, 9.17) is 9.84 Å². The van der Waals surface area contributed by atoms with Crippen LogP contribution in [0.3, 0.4) is 0 Å². The third-order valence-corrected chi connectivity index (χ3v) is 3.08. The Hall–Kier alpha value is -2.82. The first kappa shape index (κ1) is 12.2. The molecule has 0 radical (unpaired) electrons. The zero-order chi connectivity index (χ0) is 14.1. The lowest BCUT2D eigenvalue weighted by Crippen LogP contribution is -2.12. The number of benzene rings is 2. The second-order valence-electron chi connectivity index (χ2n) is 4.44. The molecular formula is C15H11NO4. The van der Waals surface area contributed by atoms with E-state index in [0.29, 0.717) is 23.6 Å². The fraction of sp³-hybridized carbons (Fsp3) is 0.0667. The topological polar surface area (TPSA) is 75.6 Å². The summed E-state index contributed by atoms with van der Waals surface area (Å²) in [7, 11) is 0. The van der Waals surface area contributed by atoms with Crippen LogP contribution in [0.4, 0.5) is 0 Å². The van der Waals surface area contributed by atoms with E-state index in [9.17, 15) is 9.59 Å². The third-order valence-electron chi connectivity index (χ3n) is 3.08. The number of nitrogens with one attached hydrogen (secondary N) is 1. The van der Waals surface area contributed by atoms with Gasteiger partial charge in [-0.15, -0.1) is 0 Å². The molecule has 0 aliphatic carbocycles. The van der Waals surface area contributed by atoms with Crippen LogP contribution in [-0.4, -0.2) is 17.0 Å². The Morgan fingerprint density at radius 1 is 1.15 bits per heavy atom. The number of carboxylic acid groups (broad SMARTS) is 1. The van der Waals surface area contributed by atoms with Crippen molar-refractivity contribution in [3.05, 3.63) is 59.2 Å². The van der Waals surface area contributed by atoms with Crippen molar-refractivity contribution < 1.29 is 19.4 Å². The molecule has 0 unspecified atom stereocenters. The maximum Gasteiger partial charge on any atom is 0.335 e. The van der Waals surface area contributed by atoms with E-state index < -0.39 is 5.97 Å². The molecule has 1 aliphatic heterocycles. The molecule has 3 rings (SSSR count). The molecule has 0 saturated carbocycles. The number of hydrogen-bond acceptors (Lipinski definition) is 3. The second kappa shape index (κ2) is 4.70. The zero-order valence-electron chi connectivity index (χ0n) is 10.4. The molecule has 5 nitrogen and oxygen atoms in total. The van der Waals surface area contributed by atoms with E-state index in [1.54, 1.807) is 30.3 Å². The Labute approximate surface area is 114 Å². The quantitative estimate of drug-likeness (QED) is 0.897. The number of carbonyl (C=O) groups excluding carboxylic acids is 1. The van der Waals surface area contributed by atoms with Gasteiger partial charge in [0.15, 0.2) is 0 Å².